The third kappa shape index (κ3) is 0.759. The van der Waals surface area contributed by atoms with E-state index in [0.29, 0.717) is 0 Å². The first-order chi connectivity index (χ1) is 4.13. The molecule has 1 N–H and O–H groups in total. The molecular weight excluding hydrogens is 122 g/mol. The van der Waals surface area contributed by atoms with Gasteiger partial charge in [0.2, 0.25) is 0 Å². The fourth-order valence-corrected chi connectivity index (χ4v) is 0.732. The van der Waals surface area contributed by atoms with Crippen LogP contribution < -0.4 is 0 Å². The van der Waals surface area contributed by atoms with Crippen LogP contribution in [0.3, 0.4) is 0 Å². The van der Waals surface area contributed by atoms with Gasteiger partial charge >= 0.3 is 6.09 Å². The minimum absolute atomic E-state index is 0.00241. The summed E-state index contributed by atoms with van der Waals surface area (Å²) in [6.45, 7) is 1.65. The fourth-order valence-electron chi connectivity index (χ4n) is 0.732. The molecule has 4 heteroatoms. The number of carbonyl (C=O) groups is 2. The van der Waals surface area contributed by atoms with Gasteiger partial charge in [0, 0.05) is 0 Å². The van der Waals surface area contributed by atoms with Crippen LogP contribution in [0.5, 0.6) is 0 Å². The maximum absolute atomic E-state index is 10.4. The van der Waals surface area contributed by atoms with Gasteiger partial charge in [-0.2, -0.15) is 0 Å². The van der Waals surface area contributed by atoms with E-state index in [4.69, 9.17) is 5.11 Å². The second-order valence-corrected chi connectivity index (χ2v) is 2.05. The van der Waals surface area contributed by atoms with Crippen molar-refractivity contribution < 1.29 is 14.7 Å². The standard InChI is InChI=1S/C5H7NO3/c1-3-4(7)2-6(3)5(8)9/h3H,2H2,1H3,(H,8,9). The van der Waals surface area contributed by atoms with E-state index in [0.717, 1.165) is 4.90 Å². The van der Waals surface area contributed by atoms with Crippen molar-refractivity contribution in [3.63, 3.8) is 0 Å². The summed E-state index contributed by atoms with van der Waals surface area (Å²) in [4.78, 5) is 21.7. The molecule has 1 aliphatic rings. The largest absolute Gasteiger partial charge is 0.465 e. The normalized spacial score (nSPS) is 25.7. The van der Waals surface area contributed by atoms with Crippen LogP contribution in [0.2, 0.25) is 0 Å². The van der Waals surface area contributed by atoms with Gasteiger partial charge in [-0.3, -0.25) is 9.69 Å². The van der Waals surface area contributed by atoms with Crippen LogP contribution >= 0.6 is 0 Å². The number of likely N-dealkylation sites (tertiary alicyclic amines) is 1. The second kappa shape index (κ2) is 1.72. The lowest BCUT2D eigenvalue weighted by Gasteiger charge is -2.33. The highest BCUT2D eigenvalue weighted by molar-refractivity contribution is 5.96. The average Bonchev–Trinajstić information content (AvgIpc) is 1.81. The van der Waals surface area contributed by atoms with Gasteiger partial charge in [-0.15, -0.1) is 0 Å². The lowest BCUT2D eigenvalue weighted by Crippen LogP contribution is -2.57. The summed E-state index contributed by atoms with van der Waals surface area (Å²) in [5.41, 5.74) is 0. The molecule has 1 saturated heterocycles. The molecule has 1 heterocycles. The van der Waals surface area contributed by atoms with Gasteiger partial charge in [0.05, 0.1) is 12.6 Å². The first-order valence-corrected chi connectivity index (χ1v) is 2.65. The van der Waals surface area contributed by atoms with Gasteiger partial charge in [0.1, 0.15) is 0 Å². The monoisotopic (exact) mass is 129 g/mol. The molecule has 0 bridgehead atoms. The lowest BCUT2D eigenvalue weighted by molar-refractivity contribution is -0.133. The molecule has 4 nitrogen and oxygen atoms in total. The van der Waals surface area contributed by atoms with Crippen LogP contribution in [0, 0.1) is 0 Å². The molecule has 0 aromatic rings. The van der Waals surface area contributed by atoms with Gasteiger partial charge in [0.15, 0.2) is 5.78 Å². The summed E-state index contributed by atoms with van der Waals surface area (Å²) in [7, 11) is 0. The van der Waals surface area contributed by atoms with Crippen LogP contribution in [0.1, 0.15) is 6.92 Å². The first-order valence-electron chi connectivity index (χ1n) is 2.65. The van der Waals surface area contributed by atoms with E-state index >= 15 is 0 Å². The van der Waals surface area contributed by atoms with E-state index in [-0.39, 0.29) is 12.3 Å². The zero-order valence-electron chi connectivity index (χ0n) is 5.00. The van der Waals surface area contributed by atoms with Crippen LogP contribution in [-0.4, -0.2) is 34.5 Å². The van der Waals surface area contributed by atoms with Crippen molar-refractivity contribution in [2.24, 2.45) is 0 Å². The molecule has 0 saturated carbocycles. The Kier molecular flexibility index (Phi) is 1.16. The van der Waals surface area contributed by atoms with Crippen molar-refractivity contribution in [1.29, 1.82) is 0 Å². The molecule has 9 heavy (non-hydrogen) atoms. The third-order valence-corrected chi connectivity index (χ3v) is 1.51. The van der Waals surface area contributed by atoms with Gasteiger partial charge in [-0.05, 0) is 6.92 Å². The van der Waals surface area contributed by atoms with Crippen LogP contribution in [0.4, 0.5) is 4.79 Å². The van der Waals surface area contributed by atoms with E-state index in [2.05, 4.69) is 0 Å². The van der Waals surface area contributed by atoms with E-state index < -0.39 is 12.1 Å². The maximum atomic E-state index is 10.4. The minimum atomic E-state index is -1.01. The zero-order valence-corrected chi connectivity index (χ0v) is 5.00. The summed E-state index contributed by atoms with van der Waals surface area (Å²) < 4.78 is 0. The van der Waals surface area contributed by atoms with Crippen molar-refractivity contribution in [3.05, 3.63) is 0 Å². The van der Waals surface area contributed by atoms with E-state index in [9.17, 15) is 9.59 Å². The molecule has 0 aromatic carbocycles. The Morgan fingerprint density at radius 3 is 2.56 bits per heavy atom. The Balaban J connectivity index is 2.51. The predicted molar refractivity (Wildman–Crippen MR) is 29.2 cm³/mol. The molecule has 1 atom stereocenters. The van der Waals surface area contributed by atoms with Crippen LogP contribution in [-0.2, 0) is 4.79 Å². The Labute approximate surface area is 52.1 Å². The number of nitrogens with zero attached hydrogens (tertiary/aromatic N) is 1. The topological polar surface area (TPSA) is 57.6 Å². The quantitative estimate of drug-likeness (QED) is 0.498. The fraction of sp³-hybridized carbons (Fsp3) is 0.600. The molecule has 1 aliphatic heterocycles. The number of rotatable bonds is 0. The van der Waals surface area contributed by atoms with Crippen molar-refractivity contribution in [2.75, 3.05) is 6.54 Å². The molecule has 0 radical (unpaired) electrons. The van der Waals surface area contributed by atoms with Crippen molar-refractivity contribution in [2.45, 2.75) is 13.0 Å². The van der Waals surface area contributed by atoms with Crippen LogP contribution in [0.25, 0.3) is 0 Å². The van der Waals surface area contributed by atoms with E-state index in [1.165, 1.54) is 0 Å². The Hall–Kier alpha value is -1.06. The molecule has 0 spiro atoms. The van der Waals surface area contributed by atoms with Gasteiger partial charge in [0.25, 0.3) is 0 Å². The smallest absolute Gasteiger partial charge is 0.408 e. The first kappa shape index (κ1) is 6.07. The van der Waals surface area contributed by atoms with Gasteiger partial charge in [-0.1, -0.05) is 0 Å². The highest BCUT2D eigenvalue weighted by Crippen LogP contribution is 2.11. The number of ketones is 1. The number of hydrogen-bond donors (Lipinski definition) is 1. The van der Waals surface area contributed by atoms with Crippen molar-refractivity contribution in [3.8, 4) is 0 Å². The van der Waals surface area contributed by atoms with E-state index in [1.807, 2.05) is 0 Å². The van der Waals surface area contributed by atoms with E-state index in [1.54, 1.807) is 6.92 Å². The Morgan fingerprint density at radius 1 is 1.89 bits per heavy atom. The summed E-state index contributed by atoms with van der Waals surface area (Å²) in [6, 6.07) is -0.414. The molecule has 0 aliphatic carbocycles. The summed E-state index contributed by atoms with van der Waals surface area (Å²) in [6.07, 6.45) is -1.01. The van der Waals surface area contributed by atoms with Gasteiger partial charge < -0.3 is 5.11 Å². The minimum Gasteiger partial charge on any atom is -0.465 e. The number of amides is 1. The predicted octanol–water partition coefficient (Wildman–Crippen LogP) is -0.0624. The molecule has 1 amide bonds. The third-order valence-electron chi connectivity index (χ3n) is 1.51. The number of Topliss-reactive ketones (excluding diaryl/α,β-unsaturated/α-hetero) is 1. The molecule has 0 aromatic heterocycles. The summed E-state index contributed by atoms with van der Waals surface area (Å²) >= 11 is 0. The molecule has 1 rings (SSSR count). The highest BCUT2D eigenvalue weighted by Gasteiger charge is 2.36. The van der Waals surface area contributed by atoms with Crippen molar-refractivity contribution in [1.82, 2.24) is 4.90 Å². The summed E-state index contributed by atoms with van der Waals surface area (Å²) in [5, 5.41) is 8.30. The summed E-state index contributed by atoms with van der Waals surface area (Å²) in [5.74, 6) is -0.00241. The lowest BCUT2D eigenvalue weighted by atomic mass is 10.1. The SMILES string of the molecule is CC1C(=O)CN1C(=O)O. The highest BCUT2D eigenvalue weighted by atomic mass is 16.4. The molecular formula is C5H7NO3. The Bertz CT molecular complexity index is 166. The average molecular weight is 129 g/mol. The maximum Gasteiger partial charge on any atom is 0.408 e. The number of carboxylic acid groups (broad SMARTS) is 1. The van der Waals surface area contributed by atoms with Crippen LogP contribution in [0.15, 0.2) is 0 Å². The number of carbonyl (C=O) groups excluding carboxylic acids is 1. The number of hydrogen-bond acceptors (Lipinski definition) is 2. The molecule has 1 fully saturated rings. The van der Waals surface area contributed by atoms with Crippen molar-refractivity contribution >= 4 is 11.9 Å². The van der Waals surface area contributed by atoms with Gasteiger partial charge in [-0.25, -0.2) is 4.79 Å². The second-order valence-electron chi connectivity index (χ2n) is 2.05. The molecule has 50 valence electrons. The Morgan fingerprint density at radius 2 is 2.44 bits per heavy atom. The zero-order chi connectivity index (χ0) is 7.02. The molecule has 1 unspecified atom stereocenters.